The van der Waals surface area contributed by atoms with Crippen LogP contribution in [0.1, 0.15) is 42.1 Å². The highest BCUT2D eigenvalue weighted by atomic mass is 16.5. The molecule has 4 nitrogen and oxygen atoms in total. The van der Waals surface area contributed by atoms with Gasteiger partial charge in [0.25, 0.3) is 0 Å². The van der Waals surface area contributed by atoms with Gasteiger partial charge in [0.05, 0.1) is 13.7 Å². The van der Waals surface area contributed by atoms with E-state index in [2.05, 4.69) is 6.92 Å². The Kier molecular flexibility index (Phi) is 3.71. The third-order valence-electron chi connectivity index (χ3n) is 5.33. The van der Waals surface area contributed by atoms with Gasteiger partial charge in [0.15, 0.2) is 17.3 Å². The molecule has 25 heavy (non-hydrogen) atoms. The molecule has 0 atom stereocenters. The van der Waals surface area contributed by atoms with Crippen molar-refractivity contribution in [2.24, 2.45) is 5.41 Å². The molecular weight excluding hydrogens is 316 g/mol. The molecule has 1 fully saturated rings. The number of Topliss-reactive ketones (excluding diaryl/α,β-unsaturated/α-hetero) is 1. The predicted molar refractivity (Wildman–Crippen MR) is 95.6 cm³/mol. The Bertz CT molecular complexity index is 849. The first kappa shape index (κ1) is 16.0. The molecule has 0 unspecified atom stereocenters. The molecule has 0 saturated heterocycles. The molecule has 0 heterocycles. The second-order valence-corrected chi connectivity index (χ2v) is 7.35. The largest absolute Gasteiger partial charge is 0.504 e. The molecule has 0 aromatic heterocycles. The summed E-state index contributed by atoms with van der Waals surface area (Å²) in [4.78, 5) is 12.1. The Morgan fingerprint density at radius 1 is 1.04 bits per heavy atom. The van der Waals surface area contributed by atoms with Crippen LogP contribution in [0, 0.1) is 5.41 Å². The van der Waals surface area contributed by atoms with Gasteiger partial charge in [-0.2, -0.15) is 0 Å². The van der Waals surface area contributed by atoms with Crippen LogP contribution in [0.15, 0.2) is 30.3 Å². The highest BCUT2D eigenvalue weighted by Gasteiger charge is 2.38. The smallest absolute Gasteiger partial charge is 0.203 e. The molecule has 2 aromatic rings. The van der Waals surface area contributed by atoms with Crippen LogP contribution in [0.3, 0.4) is 0 Å². The molecule has 1 N–H and O–H groups in total. The van der Waals surface area contributed by atoms with Gasteiger partial charge in [-0.1, -0.05) is 25.1 Å². The molecule has 0 bridgehead atoms. The molecule has 130 valence electrons. The van der Waals surface area contributed by atoms with Crippen LogP contribution in [-0.2, 0) is 6.42 Å². The van der Waals surface area contributed by atoms with Crippen LogP contribution in [0.2, 0.25) is 0 Å². The number of hydrogen-bond donors (Lipinski definition) is 1. The Hall–Kier alpha value is -2.49. The number of carbonyl (C=O) groups excluding carboxylic acids is 1. The quantitative estimate of drug-likeness (QED) is 0.879. The Morgan fingerprint density at radius 2 is 1.80 bits per heavy atom. The molecule has 0 radical (unpaired) electrons. The molecule has 2 aromatic carbocycles. The maximum absolute atomic E-state index is 12.1. The fourth-order valence-electron chi connectivity index (χ4n) is 3.45. The van der Waals surface area contributed by atoms with Crippen molar-refractivity contribution in [3.05, 3.63) is 41.5 Å². The molecule has 1 saturated carbocycles. The molecule has 0 spiro atoms. The number of fused-ring (bicyclic) bond motifs is 1. The van der Waals surface area contributed by atoms with Gasteiger partial charge < -0.3 is 14.6 Å². The molecule has 2 aliphatic rings. The van der Waals surface area contributed by atoms with E-state index in [1.165, 1.54) is 7.11 Å². The number of methoxy groups -OCH3 is 1. The van der Waals surface area contributed by atoms with Crippen LogP contribution in [-0.4, -0.2) is 24.6 Å². The number of hydrogen-bond acceptors (Lipinski definition) is 4. The van der Waals surface area contributed by atoms with Crippen molar-refractivity contribution in [2.75, 3.05) is 13.7 Å². The van der Waals surface area contributed by atoms with Gasteiger partial charge >= 0.3 is 0 Å². The number of ether oxygens (including phenoxy) is 2. The number of ketones is 1. The van der Waals surface area contributed by atoms with Crippen LogP contribution in [0.25, 0.3) is 11.1 Å². The van der Waals surface area contributed by atoms with Gasteiger partial charge in [-0.25, -0.2) is 0 Å². The minimum absolute atomic E-state index is 0.0610. The van der Waals surface area contributed by atoms with Crippen molar-refractivity contribution < 1.29 is 19.4 Å². The molecule has 4 rings (SSSR count). The first-order chi connectivity index (χ1) is 12.0. The minimum atomic E-state index is 0.0610. The van der Waals surface area contributed by atoms with E-state index in [-0.39, 0.29) is 16.9 Å². The average Bonchev–Trinajstić information content (AvgIpc) is 3.23. The second-order valence-electron chi connectivity index (χ2n) is 7.35. The summed E-state index contributed by atoms with van der Waals surface area (Å²) in [6.07, 6.45) is 3.60. The lowest BCUT2D eigenvalue weighted by atomic mass is 9.95. The number of phenols is 1. The summed E-state index contributed by atoms with van der Waals surface area (Å²) in [5, 5.41) is 10.2. The summed E-state index contributed by atoms with van der Waals surface area (Å²) in [5.41, 5.74) is 3.91. The van der Waals surface area contributed by atoms with E-state index < -0.39 is 0 Å². The highest BCUT2D eigenvalue weighted by Crippen LogP contribution is 2.49. The number of phenolic OH excluding ortho intramolecular Hbond substituents is 1. The molecule has 0 aliphatic heterocycles. The summed E-state index contributed by atoms with van der Waals surface area (Å²) in [7, 11) is 1.53. The van der Waals surface area contributed by atoms with Gasteiger partial charge in [-0.15, -0.1) is 0 Å². The maximum atomic E-state index is 12.1. The standard InChI is InChI=1S/C21H22O4/c1-21(10-11-21)12-25-19-16(7-9-18(23)20(19)24-2)13-4-3-5-15-14(13)6-8-17(15)22/h3-5,7,9,23H,6,8,10-12H2,1-2H3. The van der Waals surface area contributed by atoms with Crippen molar-refractivity contribution in [2.45, 2.75) is 32.6 Å². The van der Waals surface area contributed by atoms with Gasteiger partial charge in [0.2, 0.25) is 5.75 Å². The first-order valence-electron chi connectivity index (χ1n) is 8.71. The van der Waals surface area contributed by atoms with Crippen molar-refractivity contribution in [1.29, 1.82) is 0 Å². The highest BCUT2D eigenvalue weighted by molar-refractivity contribution is 6.02. The normalized spacial score (nSPS) is 17.3. The summed E-state index contributed by atoms with van der Waals surface area (Å²) in [6, 6.07) is 9.27. The topological polar surface area (TPSA) is 55.8 Å². The van der Waals surface area contributed by atoms with Crippen molar-refractivity contribution in [1.82, 2.24) is 0 Å². The molecule has 4 heteroatoms. The van der Waals surface area contributed by atoms with Gasteiger partial charge in [-0.05, 0) is 42.5 Å². The molecule has 0 amide bonds. The summed E-state index contributed by atoms with van der Waals surface area (Å²) in [5.74, 6) is 1.16. The van der Waals surface area contributed by atoms with Crippen LogP contribution in [0.4, 0.5) is 0 Å². The molecule has 2 aliphatic carbocycles. The Morgan fingerprint density at radius 3 is 2.52 bits per heavy atom. The minimum Gasteiger partial charge on any atom is -0.504 e. The lowest BCUT2D eigenvalue weighted by Gasteiger charge is -2.19. The van der Waals surface area contributed by atoms with Crippen molar-refractivity contribution in [3.63, 3.8) is 0 Å². The lowest BCUT2D eigenvalue weighted by Crippen LogP contribution is -2.10. The summed E-state index contributed by atoms with van der Waals surface area (Å²) in [6.45, 7) is 2.79. The summed E-state index contributed by atoms with van der Waals surface area (Å²) < 4.78 is 11.6. The van der Waals surface area contributed by atoms with E-state index in [1.807, 2.05) is 24.3 Å². The van der Waals surface area contributed by atoms with E-state index in [1.54, 1.807) is 6.07 Å². The monoisotopic (exact) mass is 338 g/mol. The van der Waals surface area contributed by atoms with E-state index in [0.29, 0.717) is 24.5 Å². The number of carbonyl (C=O) groups is 1. The van der Waals surface area contributed by atoms with Gasteiger partial charge in [-0.3, -0.25) is 4.79 Å². The lowest BCUT2D eigenvalue weighted by molar-refractivity contribution is 0.0994. The van der Waals surface area contributed by atoms with Gasteiger partial charge in [0, 0.05) is 23.0 Å². The van der Waals surface area contributed by atoms with Crippen LogP contribution >= 0.6 is 0 Å². The fraction of sp³-hybridized carbons (Fsp3) is 0.381. The molecular formula is C21H22O4. The average molecular weight is 338 g/mol. The van der Waals surface area contributed by atoms with Crippen molar-refractivity contribution in [3.8, 4) is 28.4 Å². The Labute approximate surface area is 147 Å². The van der Waals surface area contributed by atoms with E-state index in [0.717, 1.165) is 41.5 Å². The zero-order valence-electron chi connectivity index (χ0n) is 14.6. The van der Waals surface area contributed by atoms with Crippen LogP contribution < -0.4 is 9.47 Å². The summed E-state index contributed by atoms with van der Waals surface area (Å²) >= 11 is 0. The Balaban J connectivity index is 1.83. The number of benzene rings is 2. The predicted octanol–water partition coefficient (Wildman–Crippen LogP) is 4.38. The third kappa shape index (κ3) is 2.76. The number of aromatic hydroxyl groups is 1. The zero-order valence-corrected chi connectivity index (χ0v) is 14.6. The maximum Gasteiger partial charge on any atom is 0.203 e. The SMILES string of the molecule is COc1c(O)ccc(-c2cccc3c2CCC3=O)c1OCC1(C)CC1. The van der Waals surface area contributed by atoms with E-state index in [9.17, 15) is 9.90 Å². The van der Waals surface area contributed by atoms with Gasteiger partial charge in [0.1, 0.15) is 0 Å². The van der Waals surface area contributed by atoms with E-state index in [4.69, 9.17) is 9.47 Å². The fourth-order valence-corrected chi connectivity index (χ4v) is 3.45. The second kappa shape index (κ2) is 5.80. The zero-order chi connectivity index (χ0) is 17.6. The van der Waals surface area contributed by atoms with Crippen molar-refractivity contribution >= 4 is 5.78 Å². The van der Waals surface area contributed by atoms with E-state index >= 15 is 0 Å². The third-order valence-corrected chi connectivity index (χ3v) is 5.33. The van der Waals surface area contributed by atoms with Crippen LogP contribution in [0.5, 0.6) is 17.2 Å². The first-order valence-corrected chi connectivity index (χ1v) is 8.71. The number of rotatable bonds is 5.